The smallest absolute Gasteiger partial charge is 0.358 e. The lowest BCUT2D eigenvalue weighted by atomic mass is 10.4. The highest BCUT2D eigenvalue weighted by Crippen LogP contribution is 2.19. The third kappa shape index (κ3) is 2.19. The third-order valence-corrected chi connectivity index (χ3v) is 2.74. The number of aromatic nitrogens is 5. The Hall–Kier alpha value is -1.90. The second-order valence-electron chi connectivity index (χ2n) is 2.86. The average Bonchev–Trinajstić information content (AvgIpc) is 2.83. The van der Waals surface area contributed by atoms with Gasteiger partial charge < -0.3 is 9.63 Å². The Morgan fingerprint density at radius 3 is 3.06 bits per heavy atom. The van der Waals surface area contributed by atoms with Gasteiger partial charge in [-0.1, -0.05) is 16.9 Å². The molecule has 1 N–H and O–H groups in total. The van der Waals surface area contributed by atoms with Crippen LogP contribution in [0, 0.1) is 0 Å². The average molecular weight is 241 g/mol. The van der Waals surface area contributed by atoms with E-state index in [0.29, 0.717) is 16.7 Å². The summed E-state index contributed by atoms with van der Waals surface area (Å²) in [6, 6.07) is 1.37. The van der Waals surface area contributed by atoms with Crippen molar-refractivity contribution in [1.29, 1.82) is 0 Å². The lowest BCUT2D eigenvalue weighted by molar-refractivity contribution is 0.0685. The summed E-state index contributed by atoms with van der Waals surface area (Å²) in [5, 5.41) is 23.5. The molecule has 0 fully saturated rings. The molecule has 2 aromatic rings. The highest BCUT2D eigenvalue weighted by atomic mass is 32.2. The van der Waals surface area contributed by atoms with Crippen LogP contribution in [0.15, 0.2) is 15.7 Å². The molecule has 2 heterocycles. The summed E-state index contributed by atoms with van der Waals surface area (Å²) in [4.78, 5) is 10.5. The lowest BCUT2D eigenvalue weighted by Crippen LogP contribution is -1.94. The van der Waals surface area contributed by atoms with Crippen LogP contribution in [0.25, 0.3) is 0 Å². The van der Waals surface area contributed by atoms with Gasteiger partial charge in [0.2, 0.25) is 5.16 Å². The van der Waals surface area contributed by atoms with Crippen molar-refractivity contribution in [3.63, 3.8) is 0 Å². The summed E-state index contributed by atoms with van der Waals surface area (Å²) in [6.07, 6.45) is 0. The monoisotopic (exact) mass is 241 g/mol. The van der Waals surface area contributed by atoms with Crippen molar-refractivity contribution in [2.75, 3.05) is 0 Å². The standard InChI is InChI=1S/C7H7N5O3S/c1-12-7(8-10-11-12)16-3-4-2-5(6(13)14)9-15-4/h2H,3H2,1H3,(H,13,14). The molecule has 84 valence electrons. The largest absolute Gasteiger partial charge is 0.476 e. The van der Waals surface area contributed by atoms with Crippen LogP contribution >= 0.6 is 11.8 Å². The van der Waals surface area contributed by atoms with E-state index in [4.69, 9.17) is 9.63 Å². The number of carboxylic acid groups (broad SMARTS) is 1. The van der Waals surface area contributed by atoms with E-state index >= 15 is 0 Å². The van der Waals surface area contributed by atoms with Crippen molar-refractivity contribution in [1.82, 2.24) is 25.4 Å². The summed E-state index contributed by atoms with van der Waals surface area (Å²) in [6.45, 7) is 0. The number of carboxylic acids is 1. The van der Waals surface area contributed by atoms with Crippen LogP contribution in [-0.2, 0) is 12.8 Å². The Kier molecular flexibility index (Phi) is 2.86. The predicted octanol–water partition coefficient (Wildman–Crippen LogP) is 0.189. The van der Waals surface area contributed by atoms with E-state index < -0.39 is 5.97 Å². The SMILES string of the molecule is Cn1nnnc1SCc1cc(C(=O)O)no1. The second-order valence-corrected chi connectivity index (χ2v) is 3.80. The summed E-state index contributed by atoms with van der Waals surface area (Å²) >= 11 is 1.33. The molecule has 2 aromatic heterocycles. The molecule has 0 unspecified atom stereocenters. The highest BCUT2D eigenvalue weighted by Gasteiger charge is 2.12. The van der Waals surface area contributed by atoms with Crippen molar-refractivity contribution in [2.45, 2.75) is 10.9 Å². The van der Waals surface area contributed by atoms with Gasteiger partial charge in [0.25, 0.3) is 0 Å². The summed E-state index contributed by atoms with van der Waals surface area (Å²) in [5.74, 6) is -0.222. The number of aromatic carboxylic acids is 1. The molecule has 9 heteroatoms. The first-order chi connectivity index (χ1) is 7.66. The van der Waals surface area contributed by atoms with Gasteiger partial charge >= 0.3 is 5.97 Å². The molecule has 0 aliphatic heterocycles. The van der Waals surface area contributed by atoms with Crippen molar-refractivity contribution >= 4 is 17.7 Å². The van der Waals surface area contributed by atoms with E-state index in [1.54, 1.807) is 7.05 Å². The molecule has 8 nitrogen and oxygen atoms in total. The van der Waals surface area contributed by atoms with Crippen molar-refractivity contribution < 1.29 is 14.4 Å². The van der Waals surface area contributed by atoms with Gasteiger partial charge in [-0.15, -0.1) is 5.10 Å². The summed E-state index contributed by atoms with van der Waals surface area (Å²) < 4.78 is 6.35. The zero-order chi connectivity index (χ0) is 11.5. The second kappa shape index (κ2) is 4.31. The van der Waals surface area contributed by atoms with Gasteiger partial charge in [-0.2, -0.15) is 0 Å². The fourth-order valence-corrected chi connectivity index (χ4v) is 1.69. The molecule has 0 radical (unpaired) electrons. The van der Waals surface area contributed by atoms with Crippen molar-refractivity contribution in [3.8, 4) is 0 Å². The van der Waals surface area contributed by atoms with Crippen LogP contribution in [0.2, 0.25) is 0 Å². The molecule has 0 spiro atoms. The van der Waals surface area contributed by atoms with Gasteiger partial charge in [-0.25, -0.2) is 9.48 Å². The molecule has 16 heavy (non-hydrogen) atoms. The van der Waals surface area contributed by atoms with Gasteiger partial charge in [0.1, 0.15) is 5.76 Å². The Bertz CT molecular complexity index is 508. The number of aryl methyl sites for hydroxylation is 1. The predicted molar refractivity (Wildman–Crippen MR) is 51.8 cm³/mol. The topological polar surface area (TPSA) is 107 Å². The molecule has 0 saturated heterocycles. The Balaban J connectivity index is 2.00. The van der Waals surface area contributed by atoms with Crippen LogP contribution < -0.4 is 0 Å². The van der Waals surface area contributed by atoms with Crippen LogP contribution in [0.1, 0.15) is 16.2 Å². The molecule has 2 rings (SSSR count). The highest BCUT2D eigenvalue weighted by molar-refractivity contribution is 7.98. The quantitative estimate of drug-likeness (QED) is 0.756. The van der Waals surface area contributed by atoms with Crippen LogP contribution in [0.4, 0.5) is 0 Å². The van der Waals surface area contributed by atoms with E-state index in [1.165, 1.54) is 22.5 Å². The van der Waals surface area contributed by atoms with Gasteiger partial charge in [0.15, 0.2) is 5.69 Å². The molecular formula is C7H7N5O3S. The normalized spacial score (nSPS) is 10.6. The van der Waals surface area contributed by atoms with E-state index in [2.05, 4.69) is 20.7 Å². The van der Waals surface area contributed by atoms with Gasteiger partial charge in [-0.3, -0.25) is 0 Å². The van der Waals surface area contributed by atoms with E-state index in [9.17, 15) is 4.79 Å². The number of thioether (sulfide) groups is 1. The molecule has 0 bridgehead atoms. The first kappa shape index (κ1) is 10.6. The Labute approximate surface area is 93.6 Å². The van der Waals surface area contributed by atoms with Crippen LogP contribution in [0.5, 0.6) is 0 Å². The molecule has 0 atom stereocenters. The number of hydrogen-bond acceptors (Lipinski definition) is 7. The maximum atomic E-state index is 10.5. The number of hydrogen-bond donors (Lipinski definition) is 1. The Morgan fingerprint density at radius 1 is 1.69 bits per heavy atom. The van der Waals surface area contributed by atoms with Gasteiger partial charge in [0.05, 0.1) is 5.75 Å². The van der Waals surface area contributed by atoms with Crippen LogP contribution in [-0.4, -0.2) is 36.4 Å². The number of tetrazole rings is 1. The number of rotatable bonds is 4. The fraction of sp³-hybridized carbons (Fsp3) is 0.286. The fourth-order valence-electron chi connectivity index (χ4n) is 0.961. The number of nitrogens with zero attached hydrogens (tertiary/aromatic N) is 5. The third-order valence-electron chi connectivity index (χ3n) is 1.70. The minimum atomic E-state index is -1.11. The maximum absolute atomic E-state index is 10.5. The maximum Gasteiger partial charge on any atom is 0.358 e. The molecular weight excluding hydrogens is 234 g/mol. The molecule has 0 aliphatic rings. The lowest BCUT2D eigenvalue weighted by Gasteiger charge is -1.94. The summed E-state index contributed by atoms with van der Waals surface area (Å²) in [5.41, 5.74) is -0.105. The molecule has 0 aliphatic carbocycles. The van der Waals surface area contributed by atoms with Crippen molar-refractivity contribution in [2.24, 2.45) is 7.05 Å². The van der Waals surface area contributed by atoms with E-state index in [0.717, 1.165) is 0 Å². The van der Waals surface area contributed by atoms with Gasteiger partial charge in [0, 0.05) is 13.1 Å². The van der Waals surface area contributed by atoms with Crippen molar-refractivity contribution in [3.05, 3.63) is 17.5 Å². The first-order valence-electron chi connectivity index (χ1n) is 4.21. The van der Waals surface area contributed by atoms with E-state index in [1.807, 2.05) is 0 Å². The molecule has 0 aromatic carbocycles. The van der Waals surface area contributed by atoms with Gasteiger partial charge in [-0.05, 0) is 10.4 Å². The summed E-state index contributed by atoms with van der Waals surface area (Å²) in [7, 11) is 1.71. The Morgan fingerprint density at radius 2 is 2.50 bits per heavy atom. The molecule has 0 amide bonds. The van der Waals surface area contributed by atoms with Crippen LogP contribution in [0.3, 0.4) is 0 Å². The minimum absolute atomic E-state index is 0.105. The van der Waals surface area contributed by atoms with E-state index in [-0.39, 0.29) is 5.69 Å². The molecule has 0 saturated carbocycles. The zero-order valence-corrected chi connectivity index (χ0v) is 9.01. The first-order valence-corrected chi connectivity index (χ1v) is 5.19. The minimum Gasteiger partial charge on any atom is -0.476 e. The number of carbonyl (C=O) groups is 1. The zero-order valence-electron chi connectivity index (χ0n) is 8.19.